The lowest BCUT2D eigenvalue weighted by Crippen LogP contribution is -2.45. The summed E-state index contributed by atoms with van der Waals surface area (Å²) in [5, 5.41) is 2.77. The molecule has 1 aliphatic rings. The van der Waals surface area contributed by atoms with E-state index in [0.29, 0.717) is 35.7 Å². The number of carbonyl (C=O) groups is 2. The summed E-state index contributed by atoms with van der Waals surface area (Å²) in [6, 6.07) is 10.4. The van der Waals surface area contributed by atoms with Crippen LogP contribution in [0.3, 0.4) is 0 Å². The number of hydrogen-bond donors (Lipinski definition) is 1. The van der Waals surface area contributed by atoms with E-state index in [1.165, 1.54) is 24.3 Å². The van der Waals surface area contributed by atoms with Crippen molar-refractivity contribution in [1.82, 2.24) is 9.80 Å². The van der Waals surface area contributed by atoms with E-state index in [2.05, 4.69) is 24.1 Å². The van der Waals surface area contributed by atoms with Crippen molar-refractivity contribution >= 4 is 17.5 Å². The normalized spacial score (nSPS) is 22.5. The number of likely N-dealkylation sites (N-methyl/N-ethyl adjacent to an activating group) is 2. The van der Waals surface area contributed by atoms with Crippen molar-refractivity contribution in [1.29, 1.82) is 0 Å². The summed E-state index contributed by atoms with van der Waals surface area (Å²) in [4.78, 5) is 29.7. The monoisotopic (exact) mass is 457 g/mol. The number of fused-ring (bicyclic) bond motifs is 1. The molecule has 2 aromatic carbocycles. The van der Waals surface area contributed by atoms with Crippen LogP contribution in [0.15, 0.2) is 42.5 Å². The molecule has 0 bridgehead atoms. The zero-order valence-corrected chi connectivity index (χ0v) is 19.8. The third-order valence-corrected chi connectivity index (χ3v) is 6.12. The SMILES string of the molecule is CO[C@@H]1CN(C)C(=O)c2cc(NC(=O)c3ccc(F)cc3)ccc2OC[C@@H](C)N(C)C[C@H]1C. The number of halogens is 1. The number of ether oxygens (including phenoxy) is 2. The van der Waals surface area contributed by atoms with Gasteiger partial charge in [0.15, 0.2) is 0 Å². The molecule has 1 aliphatic heterocycles. The van der Waals surface area contributed by atoms with Crippen LogP contribution in [-0.4, -0.2) is 74.7 Å². The first kappa shape index (κ1) is 24.7. The Morgan fingerprint density at radius 2 is 1.82 bits per heavy atom. The highest BCUT2D eigenvalue weighted by atomic mass is 19.1. The average molecular weight is 458 g/mol. The largest absolute Gasteiger partial charge is 0.491 e. The minimum atomic E-state index is -0.416. The van der Waals surface area contributed by atoms with Crippen LogP contribution >= 0.6 is 0 Å². The van der Waals surface area contributed by atoms with E-state index in [-0.39, 0.29) is 24.0 Å². The number of anilines is 1. The predicted molar refractivity (Wildman–Crippen MR) is 125 cm³/mol. The summed E-state index contributed by atoms with van der Waals surface area (Å²) in [6.07, 6.45) is -0.126. The van der Waals surface area contributed by atoms with Gasteiger partial charge >= 0.3 is 0 Å². The molecule has 2 aromatic rings. The molecule has 3 atom stereocenters. The van der Waals surface area contributed by atoms with Crippen LogP contribution in [0.4, 0.5) is 10.1 Å². The molecule has 0 fully saturated rings. The molecule has 0 radical (unpaired) electrons. The molecule has 3 rings (SSSR count). The average Bonchev–Trinajstić information content (AvgIpc) is 2.80. The first-order chi connectivity index (χ1) is 15.7. The molecule has 8 heteroatoms. The lowest BCUT2D eigenvalue weighted by molar-refractivity contribution is 0.0150. The number of hydrogen-bond acceptors (Lipinski definition) is 5. The van der Waals surface area contributed by atoms with E-state index >= 15 is 0 Å². The second-order valence-corrected chi connectivity index (χ2v) is 8.71. The Bertz CT molecular complexity index is 982. The molecule has 0 aliphatic carbocycles. The summed E-state index contributed by atoms with van der Waals surface area (Å²) in [7, 11) is 5.44. The molecule has 1 heterocycles. The van der Waals surface area contributed by atoms with Gasteiger partial charge in [-0.15, -0.1) is 0 Å². The van der Waals surface area contributed by atoms with Crippen molar-refractivity contribution in [2.45, 2.75) is 26.0 Å². The van der Waals surface area contributed by atoms with E-state index in [1.54, 1.807) is 37.3 Å². The fourth-order valence-corrected chi connectivity index (χ4v) is 3.84. The molecule has 0 saturated heterocycles. The minimum absolute atomic E-state index is 0.126. The summed E-state index contributed by atoms with van der Waals surface area (Å²) in [6.45, 7) is 5.83. The highest BCUT2D eigenvalue weighted by molar-refractivity contribution is 6.05. The molecular weight excluding hydrogens is 425 g/mol. The molecule has 7 nitrogen and oxygen atoms in total. The number of nitrogens with one attached hydrogen (secondary N) is 1. The van der Waals surface area contributed by atoms with Gasteiger partial charge in [-0.25, -0.2) is 4.39 Å². The van der Waals surface area contributed by atoms with Crippen LogP contribution in [0.2, 0.25) is 0 Å². The minimum Gasteiger partial charge on any atom is -0.491 e. The van der Waals surface area contributed by atoms with Crippen molar-refractivity contribution in [3.8, 4) is 5.75 Å². The topological polar surface area (TPSA) is 71.1 Å². The molecule has 1 N–H and O–H groups in total. The molecule has 178 valence electrons. The molecule has 33 heavy (non-hydrogen) atoms. The van der Waals surface area contributed by atoms with Gasteiger partial charge in [0.1, 0.15) is 18.2 Å². The van der Waals surface area contributed by atoms with Gasteiger partial charge in [-0.3, -0.25) is 14.5 Å². The van der Waals surface area contributed by atoms with Gasteiger partial charge in [-0.05, 0) is 62.4 Å². The molecule has 0 spiro atoms. The highest BCUT2D eigenvalue weighted by Gasteiger charge is 2.27. The Hall–Kier alpha value is -2.97. The third-order valence-electron chi connectivity index (χ3n) is 6.12. The van der Waals surface area contributed by atoms with E-state index in [1.807, 2.05) is 7.05 Å². The van der Waals surface area contributed by atoms with Crippen LogP contribution < -0.4 is 10.1 Å². The van der Waals surface area contributed by atoms with Gasteiger partial charge in [0.05, 0.1) is 11.7 Å². The van der Waals surface area contributed by atoms with Gasteiger partial charge in [-0.1, -0.05) is 6.92 Å². The summed E-state index contributed by atoms with van der Waals surface area (Å²) in [5.41, 5.74) is 1.12. The Balaban J connectivity index is 1.90. The number of amides is 2. The predicted octanol–water partition coefficient (Wildman–Crippen LogP) is 3.51. The van der Waals surface area contributed by atoms with Crippen LogP contribution in [-0.2, 0) is 4.74 Å². The molecule has 2 amide bonds. The highest BCUT2D eigenvalue weighted by Crippen LogP contribution is 2.26. The van der Waals surface area contributed by atoms with Crippen molar-refractivity contribution < 1.29 is 23.5 Å². The van der Waals surface area contributed by atoms with E-state index in [9.17, 15) is 14.0 Å². The number of rotatable bonds is 3. The number of benzene rings is 2. The summed E-state index contributed by atoms with van der Waals surface area (Å²) >= 11 is 0. The van der Waals surface area contributed by atoms with Crippen LogP contribution in [0.5, 0.6) is 5.75 Å². The third kappa shape index (κ3) is 6.09. The maximum absolute atomic E-state index is 13.3. The lowest BCUT2D eigenvalue weighted by atomic mass is 10.0. The smallest absolute Gasteiger partial charge is 0.257 e. The van der Waals surface area contributed by atoms with Crippen molar-refractivity contribution in [3.63, 3.8) is 0 Å². The van der Waals surface area contributed by atoms with E-state index in [4.69, 9.17) is 9.47 Å². The second kappa shape index (κ2) is 10.8. The zero-order valence-electron chi connectivity index (χ0n) is 19.8. The van der Waals surface area contributed by atoms with Crippen LogP contribution in [0.1, 0.15) is 34.6 Å². The van der Waals surface area contributed by atoms with Crippen LogP contribution in [0.25, 0.3) is 0 Å². The summed E-state index contributed by atoms with van der Waals surface area (Å²) < 4.78 is 24.9. The van der Waals surface area contributed by atoms with Crippen molar-refractivity contribution in [2.75, 3.05) is 46.2 Å². The number of methoxy groups -OCH3 is 1. The van der Waals surface area contributed by atoms with Crippen LogP contribution in [0, 0.1) is 11.7 Å². The maximum Gasteiger partial charge on any atom is 0.257 e. The quantitative estimate of drug-likeness (QED) is 0.764. The van der Waals surface area contributed by atoms with E-state index in [0.717, 1.165) is 6.54 Å². The first-order valence-electron chi connectivity index (χ1n) is 11.0. The Labute approximate surface area is 194 Å². The molecule has 0 aromatic heterocycles. The molecular formula is C25H32FN3O4. The number of carbonyl (C=O) groups excluding carboxylic acids is 2. The first-order valence-corrected chi connectivity index (χ1v) is 11.0. The number of nitrogens with zero attached hydrogens (tertiary/aromatic N) is 2. The van der Waals surface area contributed by atoms with Crippen molar-refractivity contribution in [2.24, 2.45) is 5.92 Å². The van der Waals surface area contributed by atoms with Gasteiger partial charge < -0.3 is 19.7 Å². The van der Waals surface area contributed by atoms with Gasteiger partial charge in [-0.2, -0.15) is 0 Å². The van der Waals surface area contributed by atoms with Gasteiger partial charge in [0.25, 0.3) is 11.8 Å². The van der Waals surface area contributed by atoms with Gasteiger partial charge in [0.2, 0.25) is 0 Å². The fraction of sp³-hybridized carbons (Fsp3) is 0.440. The molecule has 0 unspecified atom stereocenters. The molecule has 0 saturated carbocycles. The Morgan fingerprint density at radius 1 is 1.12 bits per heavy atom. The zero-order chi connectivity index (χ0) is 24.1. The lowest BCUT2D eigenvalue weighted by Gasteiger charge is -2.34. The Morgan fingerprint density at radius 3 is 2.48 bits per heavy atom. The maximum atomic E-state index is 13.3. The Kier molecular flexibility index (Phi) is 8.05. The van der Waals surface area contributed by atoms with Crippen molar-refractivity contribution in [3.05, 3.63) is 59.4 Å². The standard InChI is InChI=1S/C25H32FN3O4/c1-16-13-28(3)17(2)15-33-22-11-10-20(27-24(30)18-6-8-19(26)9-7-18)12-21(22)25(31)29(4)14-23(16)32-5/h6-12,16-17,23H,13-15H2,1-5H3,(H,27,30)/t16-,17-,23-/m1/s1. The van der Waals surface area contributed by atoms with Gasteiger partial charge in [0, 0.05) is 44.5 Å². The second-order valence-electron chi connectivity index (χ2n) is 8.71. The summed E-state index contributed by atoms with van der Waals surface area (Å²) in [5.74, 6) is -0.375. The fourth-order valence-electron chi connectivity index (χ4n) is 3.84. The van der Waals surface area contributed by atoms with E-state index < -0.39 is 11.7 Å².